The van der Waals surface area contributed by atoms with Crippen LogP contribution in [0.3, 0.4) is 0 Å². The minimum atomic E-state index is -3.87. The Bertz CT molecular complexity index is 690. The van der Waals surface area contributed by atoms with Gasteiger partial charge in [-0.25, -0.2) is 9.59 Å². The smallest absolute Gasteiger partial charge is 0.335 e. The maximum atomic E-state index is 12.8. The van der Waals surface area contributed by atoms with Gasteiger partial charge in [0.05, 0.1) is 49.9 Å². The molecule has 0 radical (unpaired) electrons. The molecule has 0 saturated carbocycles. The molecule has 0 aromatic heterocycles. The van der Waals surface area contributed by atoms with E-state index in [2.05, 4.69) is 0 Å². The summed E-state index contributed by atoms with van der Waals surface area (Å²) in [6.45, 7) is 7.55. The van der Waals surface area contributed by atoms with E-state index < -0.39 is 61.4 Å². The van der Waals surface area contributed by atoms with E-state index in [1.54, 1.807) is 0 Å². The van der Waals surface area contributed by atoms with Crippen LogP contribution in [0.2, 0.25) is 0 Å². The van der Waals surface area contributed by atoms with E-state index >= 15 is 0 Å². The molecule has 2 aliphatic rings. The Kier molecular flexibility index (Phi) is 6.66. The molecule has 0 bridgehead atoms. The van der Waals surface area contributed by atoms with Crippen molar-refractivity contribution in [2.45, 2.75) is 27.7 Å². The minimum absolute atomic E-state index is 0.0688. The largest absolute Gasteiger partial charge is 0.478 e. The highest BCUT2D eigenvalue weighted by Gasteiger charge is 2.42. The van der Waals surface area contributed by atoms with Crippen LogP contribution in [0.4, 0.5) is 0 Å². The topological polar surface area (TPSA) is 146 Å². The molecule has 10 nitrogen and oxygen atoms in total. The van der Waals surface area contributed by atoms with E-state index in [4.69, 9.17) is 18.1 Å². The lowest BCUT2D eigenvalue weighted by molar-refractivity contribution is -0.135. The third-order valence-electron chi connectivity index (χ3n) is 4.19. The third-order valence-corrected chi connectivity index (χ3v) is 7.69. The number of carbonyl (C=O) groups is 2. The predicted octanol–water partition coefficient (Wildman–Crippen LogP) is 2.98. The molecule has 0 aromatic rings. The van der Waals surface area contributed by atoms with Crippen molar-refractivity contribution in [3.05, 3.63) is 11.1 Å². The van der Waals surface area contributed by atoms with Gasteiger partial charge in [0, 0.05) is 10.8 Å². The predicted molar refractivity (Wildman–Crippen MR) is 98.6 cm³/mol. The van der Waals surface area contributed by atoms with Gasteiger partial charge in [-0.3, -0.25) is 9.13 Å². The zero-order valence-corrected chi connectivity index (χ0v) is 18.1. The number of aliphatic carboxylic acids is 2. The van der Waals surface area contributed by atoms with Crippen LogP contribution in [-0.4, -0.2) is 60.9 Å². The first-order valence-electron chi connectivity index (χ1n) is 8.61. The van der Waals surface area contributed by atoms with Gasteiger partial charge >= 0.3 is 27.1 Å². The lowest BCUT2D eigenvalue weighted by Gasteiger charge is -2.35. The SMILES string of the molecule is CC1(C)COP(=O)(CC(C(=O)O)=C(CP2(=O)OCC(C)(C)CO2)C(=O)O)OC1. The summed E-state index contributed by atoms with van der Waals surface area (Å²) >= 11 is 0. The van der Waals surface area contributed by atoms with Crippen molar-refractivity contribution in [1.29, 1.82) is 0 Å². The molecule has 2 fully saturated rings. The van der Waals surface area contributed by atoms with E-state index in [0.29, 0.717) is 0 Å². The standard InChI is InChI=1S/C16H26O10P2/c1-15(2)7-23-27(21,24-8-15)5-11(13(17)18)12(14(19)20)6-28(22)25-9-16(3,4)10-26-28/h5-10H2,1-4H3,(H,17,18)(H,19,20). The van der Waals surface area contributed by atoms with Crippen molar-refractivity contribution in [1.82, 2.24) is 0 Å². The Morgan fingerprint density at radius 2 is 0.964 bits per heavy atom. The van der Waals surface area contributed by atoms with Crippen molar-refractivity contribution in [3.8, 4) is 0 Å². The Labute approximate surface area is 163 Å². The van der Waals surface area contributed by atoms with Crippen LogP contribution >= 0.6 is 15.2 Å². The highest BCUT2D eigenvalue weighted by atomic mass is 31.2. The first kappa shape index (κ1) is 23.3. The average molecular weight is 440 g/mol. The van der Waals surface area contributed by atoms with Gasteiger partial charge in [0.1, 0.15) is 0 Å². The van der Waals surface area contributed by atoms with Crippen LogP contribution in [0.25, 0.3) is 0 Å². The van der Waals surface area contributed by atoms with E-state index in [-0.39, 0.29) is 26.4 Å². The van der Waals surface area contributed by atoms with Gasteiger partial charge in [0.25, 0.3) is 0 Å². The van der Waals surface area contributed by atoms with Gasteiger partial charge in [-0.05, 0) is 0 Å². The van der Waals surface area contributed by atoms with Crippen molar-refractivity contribution in [2.75, 3.05) is 38.8 Å². The zero-order valence-electron chi connectivity index (χ0n) is 16.3. The van der Waals surface area contributed by atoms with Gasteiger partial charge in [-0.2, -0.15) is 0 Å². The highest BCUT2D eigenvalue weighted by molar-refractivity contribution is 7.54. The second-order valence-corrected chi connectivity index (χ2v) is 12.6. The fourth-order valence-corrected chi connectivity index (χ4v) is 6.53. The summed E-state index contributed by atoms with van der Waals surface area (Å²) in [7, 11) is -7.73. The number of hydrogen-bond donors (Lipinski definition) is 2. The molecule has 28 heavy (non-hydrogen) atoms. The molecule has 0 aliphatic carbocycles. The molecule has 0 amide bonds. The van der Waals surface area contributed by atoms with Crippen molar-refractivity contribution < 1.29 is 47.0 Å². The van der Waals surface area contributed by atoms with E-state index in [1.807, 2.05) is 27.7 Å². The maximum absolute atomic E-state index is 12.8. The van der Waals surface area contributed by atoms with Crippen LogP contribution in [0.5, 0.6) is 0 Å². The van der Waals surface area contributed by atoms with Crippen LogP contribution in [0, 0.1) is 10.8 Å². The van der Waals surface area contributed by atoms with Crippen LogP contribution in [-0.2, 0) is 36.8 Å². The van der Waals surface area contributed by atoms with Gasteiger partial charge in [-0.15, -0.1) is 0 Å². The molecule has 2 rings (SSSR count). The quantitative estimate of drug-likeness (QED) is 0.467. The molecular formula is C16H26O10P2. The Morgan fingerprint density at radius 1 is 0.714 bits per heavy atom. The molecule has 2 heterocycles. The third kappa shape index (κ3) is 5.99. The monoisotopic (exact) mass is 440 g/mol. The van der Waals surface area contributed by atoms with Crippen LogP contribution in [0.1, 0.15) is 27.7 Å². The summed E-state index contributed by atoms with van der Waals surface area (Å²) in [4.78, 5) is 23.4. The molecule has 0 spiro atoms. The summed E-state index contributed by atoms with van der Waals surface area (Å²) in [6.07, 6.45) is -1.52. The van der Waals surface area contributed by atoms with Crippen LogP contribution in [0.15, 0.2) is 11.1 Å². The normalized spacial score (nSPS) is 26.1. The van der Waals surface area contributed by atoms with Gasteiger partial charge in [-0.1, -0.05) is 27.7 Å². The van der Waals surface area contributed by atoms with E-state index in [0.717, 1.165) is 0 Å². The molecule has 2 aliphatic heterocycles. The molecule has 160 valence electrons. The molecule has 0 atom stereocenters. The number of carboxylic acids is 2. The molecule has 0 unspecified atom stereocenters. The summed E-state index contributed by atoms with van der Waals surface area (Å²) < 4.78 is 46.5. The first-order chi connectivity index (χ1) is 12.7. The number of rotatable bonds is 6. The summed E-state index contributed by atoms with van der Waals surface area (Å²) in [5.41, 5.74) is -2.22. The molecule has 2 saturated heterocycles. The van der Waals surface area contributed by atoms with E-state index in [1.165, 1.54) is 0 Å². The molecule has 2 N–H and O–H groups in total. The summed E-state index contributed by atoms with van der Waals surface area (Å²) in [5, 5.41) is 19.0. The fraction of sp³-hybridized carbons (Fsp3) is 0.750. The highest BCUT2D eigenvalue weighted by Crippen LogP contribution is 2.57. The molecule has 12 heteroatoms. The summed E-state index contributed by atoms with van der Waals surface area (Å²) in [5.74, 6) is -3.23. The fourth-order valence-electron chi connectivity index (χ4n) is 2.40. The molecule has 0 aromatic carbocycles. The van der Waals surface area contributed by atoms with Crippen molar-refractivity contribution in [2.24, 2.45) is 10.8 Å². The Hall–Kier alpha value is -1.02. The second-order valence-electron chi connectivity index (χ2n) is 8.53. The van der Waals surface area contributed by atoms with Gasteiger partial charge < -0.3 is 28.3 Å². The van der Waals surface area contributed by atoms with Crippen molar-refractivity contribution in [3.63, 3.8) is 0 Å². The molecular weight excluding hydrogens is 414 g/mol. The number of hydrogen-bond acceptors (Lipinski definition) is 8. The lowest BCUT2D eigenvalue weighted by atomic mass is 9.97. The van der Waals surface area contributed by atoms with Crippen LogP contribution < -0.4 is 0 Å². The first-order valence-corrected chi connectivity index (χ1v) is 12.1. The summed E-state index contributed by atoms with van der Waals surface area (Å²) in [6, 6.07) is 0. The second kappa shape index (κ2) is 8.01. The van der Waals surface area contributed by atoms with Gasteiger partial charge in [0.15, 0.2) is 0 Å². The lowest BCUT2D eigenvalue weighted by Crippen LogP contribution is -2.32. The Balaban J connectivity index is 2.29. The Morgan fingerprint density at radius 3 is 1.18 bits per heavy atom. The maximum Gasteiger partial charge on any atom is 0.335 e. The van der Waals surface area contributed by atoms with E-state index in [9.17, 15) is 28.9 Å². The van der Waals surface area contributed by atoms with Crippen molar-refractivity contribution >= 4 is 27.1 Å². The average Bonchev–Trinajstić information content (AvgIpc) is 2.57. The zero-order chi connectivity index (χ0) is 21.4. The minimum Gasteiger partial charge on any atom is -0.478 e. The number of carboxylic acid groups (broad SMARTS) is 2. The van der Waals surface area contributed by atoms with Gasteiger partial charge in [0.2, 0.25) is 0 Å².